The normalized spacial score (nSPS) is 24.4. The molecule has 14 heavy (non-hydrogen) atoms. The van der Waals surface area contributed by atoms with Crippen molar-refractivity contribution in [3.63, 3.8) is 0 Å². The molecule has 1 heterocycles. The first-order valence-electron chi connectivity index (χ1n) is 4.52. The Morgan fingerprint density at radius 2 is 2.21 bits per heavy atom. The second kappa shape index (κ2) is 5.21. The lowest BCUT2D eigenvalue weighted by molar-refractivity contribution is 0.138. The van der Waals surface area contributed by atoms with Gasteiger partial charge in [0.2, 0.25) is 0 Å². The van der Waals surface area contributed by atoms with E-state index in [2.05, 4.69) is 4.52 Å². The molecule has 1 fully saturated rings. The van der Waals surface area contributed by atoms with Gasteiger partial charge < -0.3 is 14.7 Å². The van der Waals surface area contributed by atoms with Crippen LogP contribution in [0, 0.1) is 5.92 Å². The SMILES string of the molecule is [O]CC1CCN(CCOP(=O)(O)O)C1. The Balaban J connectivity index is 2.12. The number of nitrogens with zero attached hydrogens (tertiary/aromatic N) is 1. The number of hydrogen-bond donors (Lipinski definition) is 2. The maximum Gasteiger partial charge on any atom is 0.469 e. The van der Waals surface area contributed by atoms with Gasteiger partial charge in [0.1, 0.15) is 0 Å². The van der Waals surface area contributed by atoms with Crippen molar-refractivity contribution in [1.29, 1.82) is 0 Å². The zero-order chi connectivity index (χ0) is 10.6. The lowest BCUT2D eigenvalue weighted by Crippen LogP contribution is -2.25. The molecule has 0 aromatic rings. The van der Waals surface area contributed by atoms with E-state index >= 15 is 0 Å². The van der Waals surface area contributed by atoms with Gasteiger partial charge in [-0.15, -0.1) is 0 Å². The summed E-state index contributed by atoms with van der Waals surface area (Å²) in [4.78, 5) is 18.8. The summed E-state index contributed by atoms with van der Waals surface area (Å²) in [7, 11) is -4.33. The molecule has 7 heteroatoms. The van der Waals surface area contributed by atoms with Crippen LogP contribution >= 0.6 is 7.82 Å². The molecule has 83 valence electrons. The molecule has 1 atom stereocenters. The van der Waals surface area contributed by atoms with Crippen LogP contribution in [0.1, 0.15) is 6.42 Å². The highest BCUT2D eigenvalue weighted by atomic mass is 31.2. The van der Waals surface area contributed by atoms with Crippen LogP contribution < -0.4 is 0 Å². The van der Waals surface area contributed by atoms with Crippen molar-refractivity contribution in [2.75, 3.05) is 32.8 Å². The second-order valence-electron chi connectivity index (χ2n) is 3.45. The fourth-order valence-electron chi connectivity index (χ4n) is 1.54. The predicted molar refractivity (Wildman–Crippen MR) is 48.1 cm³/mol. The molecule has 0 aromatic heterocycles. The van der Waals surface area contributed by atoms with E-state index < -0.39 is 7.82 Å². The van der Waals surface area contributed by atoms with E-state index in [0.717, 1.165) is 13.0 Å². The summed E-state index contributed by atoms with van der Waals surface area (Å²) in [6.45, 7) is 1.94. The monoisotopic (exact) mass is 224 g/mol. The van der Waals surface area contributed by atoms with Gasteiger partial charge in [-0.05, 0) is 18.9 Å². The predicted octanol–water partition coefficient (Wildman–Crippen LogP) is -0.152. The van der Waals surface area contributed by atoms with Gasteiger partial charge in [0.15, 0.2) is 0 Å². The minimum Gasteiger partial charge on any atom is -0.303 e. The summed E-state index contributed by atoms with van der Waals surface area (Å²) in [6, 6.07) is 0. The van der Waals surface area contributed by atoms with Gasteiger partial charge in [-0.1, -0.05) is 0 Å². The van der Waals surface area contributed by atoms with E-state index in [1.54, 1.807) is 0 Å². The quantitative estimate of drug-likeness (QED) is 0.634. The van der Waals surface area contributed by atoms with Crippen LogP contribution in [0.2, 0.25) is 0 Å². The van der Waals surface area contributed by atoms with E-state index in [1.807, 2.05) is 4.90 Å². The smallest absolute Gasteiger partial charge is 0.303 e. The number of hydrogen-bond acceptors (Lipinski definition) is 3. The van der Waals surface area contributed by atoms with Crippen LogP contribution in [0.5, 0.6) is 0 Å². The van der Waals surface area contributed by atoms with Gasteiger partial charge in [0, 0.05) is 13.1 Å². The molecule has 1 radical (unpaired) electrons. The van der Waals surface area contributed by atoms with E-state index in [0.29, 0.717) is 13.1 Å². The summed E-state index contributed by atoms with van der Waals surface area (Å²) in [5.74, 6) is 0.185. The average Bonchev–Trinajstić information content (AvgIpc) is 2.50. The van der Waals surface area contributed by atoms with E-state index in [1.165, 1.54) is 0 Å². The molecule has 2 N–H and O–H groups in total. The molecular formula is C7H15NO5P. The van der Waals surface area contributed by atoms with Gasteiger partial charge in [-0.25, -0.2) is 9.67 Å². The summed E-state index contributed by atoms with van der Waals surface area (Å²) in [6.07, 6.45) is 0.874. The van der Waals surface area contributed by atoms with E-state index in [9.17, 15) is 9.67 Å². The maximum atomic E-state index is 10.5. The van der Waals surface area contributed by atoms with Crippen LogP contribution in [-0.2, 0) is 14.2 Å². The Kier molecular flexibility index (Phi) is 4.50. The summed E-state index contributed by atoms with van der Waals surface area (Å²) in [5.41, 5.74) is 0. The number of phosphoric ester groups is 1. The molecule has 0 aromatic carbocycles. The average molecular weight is 224 g/mol. The van der Waals surface area contributed by atoms with Crippen molar-refractivity contribution in [2.24, 2.45) is 5.92 Å². The standard InChI is InChI=1S/C7H15NO5P/c9-6-7-1-2-8(5-7)3-4-13-14(10,11)12/h7H,1-6H2,(H2,10,11,12). The topological polar surface area (TPSA) is 89.9 Å². The largest absolute Gasteiger partial charge is 0.469 e. The van der Waals surface area contributed by atoms with Crippen LogP contribution in [0.4, 0.5) is 0 Å². The molecule has 1 aliphatic heterocycles. The van der Waals surface area contributed by atoms with Crippen LogP contribution in [0.3, 0.4) is 0 Å². The summed E-state index contributed by atoms with van der Waals surface area (Å²) < 4.78 is 14.6. The van der Waals surface area contributed by atoms with Crippen molar-refractivity contribution < 1.29 is 24.0 Å². The van der Waals surface area contributed by atoms with Crippen molar-refractivity contribution in [2.45, 2.75) is 6.42 Å². The minimum atomic E-state index is -4.33. The fraction of sp³-hybridized carbons (Fsp3) is 1.00. The van der Waals surface area contributed by atoms with Gasteiger partial charge in [-0.3, -0.25) is 4.52 Å². The van der Waals surface area contributed by atoms with Gasteiger partial charge in [-0.2, -0.15) is 0 Å². The zero-order valence-electron chi connectivity index (χ0n) is 7.83. The minimum absolute atomic E-state index is 0.00978. The van der Waals surface area contributed by atoms with Crippen LogP contribution in [-0.4, -0.2) is 47.5 Å². The third-order valence-electron chi connectivity index (χ3n) is 2.27. The molecule has 0 bridgehead atoms. The van der Waals surface area contributed by atoms with Crippen LogP contribution in [0.15, 0.2) is 0 Å². The Bertz CT molecular complexity index is 218. The molecule has 1 unspecified atom stereocenters. The molecule has 0 saturated carbocycles. The summed E-state index contributed by atoms with van der Waals surface area (Å²) in [5, 5.41) is 10.5. The molecule has 0 spiro atoms. The zero-order valence-corrected chi connectivity index (χ0v) is 8.73. The number of likely N-dealkylation sites (tertiary alicyclic amines) is 1. The van der Waals surface area contributed by atoms with Crippen molar-refractivity contribution >= 4 is 7.82 Å². The lowest BCUT2D eigenvalue weighted by Gasteiger charge is -2.15. The van der Waals surface area contributed by atoms with Crippen LogP contribution in [0.25, 0.3) is 0 Å². The Morgan fingerprint density at radius 3 is 2.71 bits per heavy atom. The highest BCUT2D eigenvalue weighted by Crippen LogP contribution is 2.35. The fourth-order valence-corrected chi connectivity index (χ4v) is 1.86. The summed E-state index contributed by atoms with van der Waals surface area (Å²) >= 11 is 0. The highest BCUT2D eigenvalue weighted by Gasteiger charge is 2.22. The number of rotatable bonds is 5. The van der Waals surface area contributed by atoms with Gasteiger partial charge in [0.25, 0.3) is 0 Å². The molecule has 6 nitrogen and oxygen atoms in total. The van der Waals surface area contributed by atoms with Crippen molar-refractivity contribution in [1.82, 2.24) is 4.90 Å². The lowest BCUT2D eigenvalue weighted by atomic mass is 10.1. The second-order valence-corrected chi connectivity index (χ2v) is 4.69. The molecule has 1 aliphatic rings. The van der Waals surface area contributed by atoms with E-state index in [4.69, 9.17) is 9.79 Å². The van der Waals surface area contributed by atoms with Gasteiger partial charge in [0.05, 0.1) is 13.2 Å². The molecule has 0 aliphatic carbocycles. The van der Waals surface area contributed by atoms with Crippen molar-refractivity contribution in [3.8, 4) is 0 Å². The number of phosphoric acid groups is 1. The van der Waals surface area contributed by atoms with Gasteiger partial charge >= 0.3 is 7.82 Å². The molecule has 1 rings (SSSR count). The molecule has 0 amide bonds. The first kappa shape index (κ1) is 12.1. The molecule has 1 saturated heterocycles. The third kappa shape index (κ3) is 4.50. The maximum absolute atomic E-state index is 10.5. The Morgan fingerprint density at radius 1 is 1.50 bits per heavy atom. The Labute approximate surface area is 82.7 Å². The highest BCUT2D eigenvalue weighted by molar-refractivity contribution is 7.46. The van der Waals surface area contributed by atoms with E-state index in [-0.39, 0.29) is 19.1 Å². The Hall–Kier alpha value is 0.0300. The van der Waals surface area contributed by atoms with Crippen molar-refractivity contribution in [3.05, 3.63) is 0 Å². The first-order chi connectivity index (χ1) is 6.51. The third-order valence-corrected chi connectivity index (χ3v) is 2.79. The molecular weight excluding hydrogens is 209 g/mol. The first-order valence-corrected chi connectivity index (χ1v) is 6.05.